The van der Waals surface area contributed by atoms with Crippen molar-refractivity contribution in [2.24, 2.45) is 51.8 Å². The molecule has 6 aromatic rings. The molecular formula is C102H135F6N12O18V3-3. The van der Waals surface area contributed by atoms with Gasteiger partial charge < -0.3 is 87.7 Å². The number of amides is 6. The van der Waals surface area contributed by atoms with Gasteiger partial charge in [-0.25, -0.2) is 63.1 Å². The van der Waals surface area contributed by atoms with E-state index in [1.165, 1.54) is 36.0 Å². The summed E-state index contributed by atoms with van der Waals surface area (Å²) in [7, 11) is 4.49. The molecule has 9 fully saturated rings. The summed E-state index contributed by atoms with van der Waals surface area (Å²) < 4.78 is 149. The van der Waals surface area contributed by atoms with E-state index in [0.717, 1.165) is 103 Å². The fourth-order valence-electron chi connectivity index (χ4n) is 23.7. The monoisotopic (exact) mass is 2080 g/mol. The molecule has 30 nitrogen and oxygen atoms in total. The van der Waals surface area contributed by atoms with Gasteiger partial charge in [0, 0.05) is 103 Å². The molecule has 0 unspecified atom stereocenters. The zero-order chi connectivity index (χ0) is 98.3. The summed E-state index contributed by atoms with van der Waals surface area (Å²) in [5.74, 6) is -12.7. The Bertz CT molecular complexity index is 5550. The Morgan fingerprint density at radius 2 is 0.674 bits per heavy atom. The number of nitrogens with zero attached hydrogens (tertiary/aromatic N) is 9. The maximum atomic E-state index is 16.1. The van der Waals surface area contributed by atoms with Crippen LogP contribution in [0.3, 0.4) is 0 Å². The van der Waals surface area contributed by atoms with E-state index in [1.54, 1.807) is 75.4 Å². The van der Waals surface area contributed by atoms with Crippen LogP contribution in [0, 0.1) is 51.8 Å². The largest absolute Gasteiger partial charge is 0.540 e. The number of fused-ring (bicyclic) bond motifs is 15. The maximum Gasteiger partial charge on any atom is 0.408 e. The molecule has 18 rings (SSSR count). The third kappa shape index (κ3) is 23.1. The number of methoxy groups -OCH3 is 3. The molecule has 39 heteroatoms. The number of hydrogen-bond donors (Lipinski definition) is 3. The summed E-state index contributed by atoms with van der Waals surface area (Å²) in [6.07, 6.45) is 18.9. The van der Waals surface area contributed by atoms with Crippen LogP contribution in [0.25, 0.3) is 33.1 Å². The molecule has 3 radical (unpaired) electrons. The quantitative estimate of drug-likeness (QED) is 0.0687. The first-order valence-corrected chi connectivity index (χ1v) is 49.5. The molecule has 6 amide bonds. The predicted octanol–water partition coefficient (Wildman–Crippen LogP) is 18.3. The van der Waals surface area contributed by atoms with Gasteiger partial charge >= 0.3 is 18.3 Å². The number of alkyl carbamates (subject to hydrolysis) is 3. The van der Waals surface area contributed by atoms with Gasteiger partial charge in [-0.1, -0.05) is 117 Å². The van der Waals surface area contributed by atoms with Crippen LogP contribution in [0.4, 0.5) is 40.7 Å². The first-order chi connectivity index (χ1) is 65.8. The molecule has 6 aliphatic carbocycles. The minimum absolute atomic E-state index is 0. The van der Waals surface area contributed by atoms with E-state index >= 15 is 26.3 Å². The number of aromatic nitrogens is 6. The molecule has 9 heterocycles. The van der Waals surface area contributed by atoms with E-state index in [-0.39, 0.29) is 157 Å². The molecule has 6 bridgehead atoms. The summed E-state index contributed by atoms with van der Waals surface area (Å²) >= 11 is 0. The Morgan fingerprint density at radius 1 is 0.362 bits per heavy atom. The van der Waals surface area contributed by atoms with Gasteiger partial charge in [-0.15, -0.1) is 0 Å². The van der Waals surface area contributed by atoms with E-state index in [1.807, 2.05) is 53.5 Å². The summed E-state index contributed by atoms with van der Waals surface area (Å²) in [4.78, 5) is 151. The van der Waals surface area contributed by atoms with Gasteiger partial charge in [0.15, 0.2) is 17.1 Å². The molecule has 3 N–H and O–H groups in total. The van der Waals surface area contributed by atoms with Crippen molar-refractivity contribution in [3.05, 3.63) is 71.7 Å². The molecule has 18 atom stereocenters. The Balaban J connectivity index is 0.000000217. The Hall–Kier alpha value is -8.96. The van der Waals surface area contributed by atoms with Crippen molar-refractivity contribution in [1.29, 1.82) is 0 Å². The van der Waals surface area contributed by atoms with Crippen LogP contribution in [0.5, 0.6) is 34.9 Å². The van der Waals surface area contributed by atoms with Crippen molar-refractivity contribution in [3.63, 3.8) is 0 Å². The number of benzene rings is 3. The van der Waals surface area contributed by atoms with Gasteiger partial charge in [0.25, 0.3) is 17.8 Å². The summed E-state index contributed by atoms with van der Waals surface area (Å²) in [6, 6.07) is 8.55. The number of rotatable bonds is 9. The third-order valence-corrected chi connectivity index (χ3v) is 32.7. The fraction of sp³-hybridized carbons (Fsp3) is 0.676. The topological polar surface area (TPSA) is 360 Å². The molecule has 3 aromatic carbocycles. The number of alkyl halides is 6. The average molecular weight is 2080 g/mol. The Labute approximate surface area is 858 Å². The van der Waals surface area contributed by atoms with Crippen molar-refractivity contribution in [2.45, 2.75) is 344 Å². The van der Waals surface area contributed by atoms with Gasteiger partial charge in [0.1, 0.15) is 71.0 Å². The van der Waals surface area contributed by atoms with Gasteiger partial charge in [0.2, 0.25) is 35.4 Å². The SMILES string of the molecule is COc1ccc2nc3c(nc2c1)O[C@H]1CN(C(=O)[C@H](C2(C)CCCC2)NC(=O)O[C@@H]2CCC[C@H]2CCCCC3(F)F)[C@H]([C-]=O)[C@@H]1C.COc1ccc2nc3c(nc2c1)O[C@H]1CN(C(=O)[C@H](C2(C)CCCC2)NC(=O)O[C@]2(C)CCC[C@H]2CCCCC3(F)F)[C@H]([C-]=O)[C@@H]1C.COc1ccc2nc3c(nc2c1)O[C@H]1CN(C(=O)[C@H](C2(C)CCCC2)NC(=O)O[C@]2(C)C[C@H]2CCCCC3(F)F)[C@H]([C-]=O)[C@@H]1C.[HH].[HH].[HH].[V].[V].[V]. The molecule has 771 valence electrons. The molecule has 0 spiro atoms. The average Bonchev–Trinajstić information content (AvgIpc) is 1.61. The summed E-state index contributed by atoms with van der Waals surface area (Å²) in [5.41, 5.74) is -3.10. The van der Waals surface area contributed by atoms with E-state index in [0.29, 0.717) is 91.6 Å². The third-order valence-electron chi connectivity index (χ3n) is 32.7. The van der Waals surface area contributed by atoms with E-state index < -0.39 is 190 Å². The van der Waals surface area contributed by atoms with Gasteiger partial charge in [-0.2, -0.15) is 26.3 Å². The van der Waals surface area contributed by atoms with Crippen LogP contribution >= 0.6 is 0 Å². The van der Waals surface area contributed by atoms with Crippen LogP contribution in [0.2, 0.25) is 0 Å². The predicted molar refractivity (Wildman–Crippen MR) is 499 cm³/mol. The normalized spacial score (nSPS) is 31.8. The standard InChI is InChI=1S/C35H45F2N4O6.C34H43F2N4O6.C33H41F2N4O6.3V.3H2/c1-21-26(20-42)41-19-27(21)46-30-28(38-24-13-12-23(45-4)18-25(24)39-30)35(36,37)17-6-5-10-22-11-9-16-34(22,3)47-32(44)40-29(31(41)43)33(2)14-7-8-15-33;1-20-25(19-41)40-18-27(20)45-30-28(37-23-13-12-22(44-3)17-24(23)38-30)34(35,36)16-5-4-9-21-10-8-11-26(21)46-32(43)39-29(31(40)42)33(2)14-6-7-15-33;1-19-24(18-40)39-17-25(19)44-28-26(36-22-11-10-21(43-4)15-23(22)37-28)33(34,35)14-6-5-9-20-16-32(20,3)45-30(42)38-27(29(39)41)31(2)12-7-8-13-31;;;;;;/h12-13,18,21-22,26-27,29H,5-11,14-17,19H2,1-4H3,(H,40,44);12-13,17,20-21,25-27,29H,4-11,14-16,18H2,1-3H3,(H,39,43);10-11,15,19-20,24-25,27H,5-9,12-14,16-17H2,1-4H3,(H,38,42);;;;3*1H/q3*-1;;;;;;/t21-,22+,26+,27-,29+,34+;20-,21+,25+,26+,27-,29+;19-,20+,24+,25-,27+,32+;;;;;;/m000....../s1. The minimum Gasteiger partial charge on any atom is -0.540 e. The summed E-state index contributed by atoms with van der Waals surface area (Å²) in [6.45, 7) is 14.6. The molecular weight excluding hydrogens is 1950 g/mol. The van der Waals surface area contributed by atoms with Crippen LogP contribution in [0.15, 0.2) is 54.6 Å². The van der Waals surface area contributed by atoms with Crippen molar-refractivity contribution < 1.29 is 172 Å². The Kier molecular flexibility index (Phi) is 34.5. The first kappa shape index (κ1) is 109. The second kappa shape index (κ2) is 44.5. The molecule has 3 saturated heterocycles. The van der Waals surface area contributed by atoms with Crippen LogP contribution in [-0.2, 0) is 116 Å². The number of halogens is 6. The smallest absolute Gasteiger partial charge is 0.408 e. The summed E-state index contributed by atoms with van der Waals surface area (Å²) in [5, 5.41) is 8.72. The number of hydrogen-bond acceptors (Lipinski definition) is 24. The number of nitrogens with one attached hydrogen (secondary N) is 3. The fourth-order valence-corrected chi connectivity index (χ4v) is 23.7. The van der Waals surface area contributed by atoms with Crippen LogP contribution in [-0.4, -0.2) is 212 Å². The van der Waals surface area contributed by atoms with Crippen molar-refractivity contribution in [1.82, 2.24) is 60.6 Å². The molecule has 6 saturated carbocycles. The maximum absolute atomic E-state index is 16.1. The first-order valence-electron chi connectivity index (χ1n) is 49.5. The van der Waals surface area contributed by atoms with E-state index in [9.17, 15) is 43.2 Å². The molecule has 12 aliphatic rings. The zero-order valence-electron chi connectivity index (χ0n) is 82.0. The van der Waals surface area contributed by atoms with E-state index in [4.69, 9.17) is 42.6 Å². The van der Waals surface area contributed by atoms with E-state index in [2.05, 4.69) is 45.9 Å². The number of carbonyl (C=O) groups is 6. The van der Waals surface area contributed by atoms with Crippen LogP contribution in [0.1, 0.15) is 276 Å². The Morgan fingerprint density at radius 3 is 1.02 bits per heavy atom. The molecule has 6 aliphatic heterocycles. The minimum atomic E-state index is -3.37. The van der Waals surface area contributed by atoms with Crippen LogP contribution < -0.4 is 44.4 Å². The van der Waals surface area contributed by atoms with Gasteiger partial charge in [-0.05, 0) is 218 Å². The van der Waals surface area contributed by atoms with Crippen molar-refractivity contribution in [3.8, 4) is 34.9 Å². The zero-order valence-corrected chi connectivity index (χ0v) is 86.1. The van der Waals surface area contributed by atoms with Crippen molar-refractivity contribution >= 4 is 88.0 Å². The second-order valence-electron chi connectivity index (χ2n) is 42.1. The second-order valence-corrected chi connectivity index (χ2v) is 42.1. The van der Waals surface area contributed by atoms with Gasteiger partial charge in [-0.3, -0.25) is 14.4 Å². The van der Waals surface area contributed by atoms with Crippen molar-refractivity contribution in [2.75, 3.05) is 41.0 Å². The van der Waals surface area contributed by atoms with Gasteiger partial charge in [0.05, 0.1) is 74.1 Å². The molecule has 141 heavy (non-hydrogen) atoms. The molecule has 3 aromatic heterocycles. The number of carbonyl (C=O) groups excluding carboxylic acids is 9. The number of ether oxygens (including phenoxy) is 9.